The smallest absolute Gasteiger partial charge is 0.219 e. The summed E-state index contributed by atoms with van der Waals surface area (Å²) < 4.78 is 62.6. The first-order valence-electron chi connectivity index (χ1n) is 6.66. The minimum atomic E-state index is -4.79. The van der Waals surface area contributed by atoms with Gasteiger partial charge < -0.3 is 0 Å². The largest absolute Gasteiger partial charge is 0.321 e. The molecule has 0 aliphatic rings. The van der Waals surface area contributed by atoms with E-state index in [-0.39, 0.29) is 0 Å². The Kier molecular flexibility index (Phi) is 4.72. The number of hydrogen-bond acceptors (Lipinski definition) is 4. The standard InChI is InChI=1S/C16H15FO4S2/c1-2-13-16(17,22(18,19)14-9-5-3-6-10-14)23(20,21)15-11-7-4-8-12-15/h2-12H,1,13H2. The second-order valence-corrected chi connectivity index (χ2v) is 9.29. The van der Waals surface area contributed by atoms with Gasteiger partial charge in [-0.1, -0.05) is 42.5 Å². The summed E-state index contributed by atoms with van der Waals surface area (Å²) in [5, 5.41) is 0. The van der Waals surface area contributed by atoms with Gasteiger partial charge in [0.2, 0.25) is 19.7 Å². The van der Waals surface area contributed by atoms with Crippen LogP contribution in [0.3, 0.4) is 0 Å². The normalized spacial score (nSPS) is 12.7. The molecule has 0 saturated carbocycles. The van der Waals surface area contributed by atoms with E-state index < -0.39 is 40.2 Å². The maximum Gasteiger partial charge on any atom is 0.321 e. The molecular weight excluding hydrogens is 339 g/mol. The maximum atomic E-state index is 15.5. The lowest BCUT2D eigenvalue weighted by Gasteiger charge is -2.24. The van der Waals surface area contributed by atoms with Gasteiger partial charge in [0.25, 0.3) is 0 Å². The van der Waals surface area contributed by atoms with Crippen LogP contribution in [0.4, 0.5) is 4.39 Å². The number of sulfone groups is 2. The molecule has 0 radical (unpaired) electrons. The summed E-state index contributed by atoms with van der Waals surface area (Å²) in [4.78, 5) is -0.798. The molecule has 0 heterocycles. The number of rotatable bonds is 6. The summed E-state index contributed by atoms with van der Waals surface area (Å²) in [5.41, 5.74) is 0. The van der Waals surface area contributed by atoms with Crippen LogP contribution in [-0.4, -0.2) is 21.2 Å². The van der Waals surface area contributed by atoms with Gasteiger partial charge in [-0.3, -0.25) is 0 Å². The van der Waals surface area contributed by atoms with E-state index in [4.69, 9.17) is 0 Å². The first-order chi connectivity index (χ1) is 10.8. The van der Waals surface area contributed by atoms with E-state index in [2.05, 4.69) is 6.58 Å². The number of benzene rings is 2. The van der Waals surface area contributed by atoms with Crippen molar-refractivity contribution in [1.29, 1.82) is 0 Å². The van der Waals surface area contributed by atoms with E-state index in [0.29, 0.717) is 0 Å². The molecular formula is C16H15FO4S2. The van der Waals surface area contributed by atoms with E-state index in [1.807, 2.05) is 0 Å². The Morgan fingerprint density at radius 2 is 1.17 bits per heavy atom. The molecule has 7 heteroatoms. The fourth-order valence-electron chi connectivity index (χ4n) is 2.09. The number of hydrogen-bond donors (Lipinski definition) is 0. The third kappa shape index (κ3) is 2.82. The fraction of sp³-hybridized carbons (Fsp3) is 0.125. The lowest BCUT2D eigenvalue weighted by molar-refractivity contribution is 0.358. The zero-order valence-electron chi connectivity index (χ0n) is 12.1. The highest BCUT2D eigenvalue weighted by molar-refractivity contribution is 8.10. The van der Waals surface area contributed by atoms with E-state index in [9.17, 15) is 16.8 Å². The van der Waals surface area contributed by atoms with Gasteiger partial charge in [0.05, 0.1) is 9.79 Å². The molecule has 2 rings (SSSR count). The van der Waals surface area contributed by atoms with Crippen molar-refractivity contribution < 1.29 is 21.2 Å². The summed E-state index contributed by atoms with van der Waals surface area (Å²) in [6.07, 6.45) is 0.0719. The van der Waals surface area contributed by atoms with Crippen LogP contribution in [0.1, 0.15) is 6.42 Å². The Hall–Kier alpha value is -1.99. The molecule has 0 N–H and O–H groups in total. The molecule has 0 fully saturated rings. The van der Waals surface area contributed by atoms with Crippen LogP contribution in [0.2, 0.25) is 0 Å². The summed E-state index contributed by atoms with van der Waals surface area (Å²) >= 11 is 0. The van der Waals surface area contributed by atoms with Crippen molar-refractivity contribution in [2.24, 2.45) is 0 Å². The average Bonchev–Trinajstić information content (AvgIpc) is 2.56. The molecule has 0 atom stereocenters. The highest BCUT2D eigenvalue weighted by atomic mass is 32.3. The Morgan fingerprint density at radius 1 is 0.826 bits per heavy atom. The van der Waals surface area contributed by atoms with Crippen molar-refractivity contribution in [1.82, 2.24) is 0 Å². The predicted molar refractivity (Wildman–Crippen MR) is 85.9 cm³/mol. The van der Waals surface area contributed by atoms with Crippen molar-refractivity contribution >= 4 is 19.7 Å². The first-order valence-corrected chi connectivity index (χ1v) is 9.63. The van der Waals surface area contributed by atoms with Crippen LogP contribution in [-0.2, 0) is 19.7 Å². The van der Waals surface area contributed by atoms with Gasteiger partial charge in [0, 0.05) is 6.42 Å². The third-order valence-electron chi connectivity index (χ3n) is 3.30. The van der Waals surface area contributed by atoms with Crippen molar-refractivity contribution in [3.8, 4) is 0 Å². The van der Waals surface area contributed by atoms with Gasteiger partial charge in [-0.15, -0.1) is 6.58 Å². The maximum absolute atomic E-state index is 15.5. The van der Waals surface area contributed by atoms with Crippen LogP contribution in [0.5, 0.6) is 0 Å². The Labute approximate surface area is 135 Å². The van der Waals surface area contributed by atoms with Crippen molar-refractivity contribution in [2.75, 3.05) is 0 Å². The molecule has 0 aliphatic carbocycles. The SMILES string of the molecule is C=CCC(F)(S(=O)(=O)c1ccccc1)S(=O)(=O)c1ccccc1. The van der Waals surface area contributed by atoms with E-state index in [0.717, 1.165) is 30.3 Å². The van der Waals surface area contributed by atoms with Crippen molar-refractivity contribution in [2.45, 2.75) is 20.5 Å². The highest BCUT2D eigenvalue weighted by Crippen LogP contribution is 2.39. The lowest BCUT2D eigenvalue weighted by atomic mass is 10.4. The molecule has 23 heavy (non-hydrogen) atoms. The second-order valence-electron chi connectivity index (χ2n) is 4.79. The molecule has 2 aromatic carbocycles. The van der Waals surface area contributed by atoms with Gasteiger partial charge in [-0.05, 0) is 24.3 Å². The molecule has 0 aliphatic heterocycles. The van der Waals surface area contributed by atoms with Crippen molar-refractivity contribution in [3.63, 3.8) is 0 Å². The fourth-order valence-corrected chi connectivity index (χ4v) is 6.23. The zero-order valence-corrected chi connectivity index (χ0v) is 13.7. The number of allylic oxidation sites excluding steroid dienone is 1. The minimum Gasteiger partial charge on any atom is -0.219 e. The number of halogens is 1. The highest BCUT2D eigenvalue weighted by Gasteiger charge is 2.56. The topological polar surface area (TPSA) is 68.3 Å². The quantitative estimate of drug-likeness (QED) is 0.748. The average molecular weight is 354 g/mol. The Balaban J connectivity index is 2.72. The third-order valence-corrected chi connectivity index (χ3v) is 8.34. The summed E-state index contributed by atoms with van der Waals surface area (Å²) in [6, 6.07) is 13.3. The van der Waals surface area contributed by atoms with Gasteiger partial charge in [0.1, 0.15) is 0 Å². The molecule has 4 nitrogen and oxygen atoms in total. The van der Waals surface area contributed by atoms with Crippen LogP contribution >= 0.6 is 0 Å². The van der Waals surface area contributed by atoms with Crippen molar-refractivity contribution in [3.05, 3.63) is 73.3 Å². The molecule has 0 saturated heterocycles. The van der Waals surface area contributed by atoms with Crippen LogP contribution < -0.4 is 0 Å². The molecule has 0 unspecified atom stereocenters. The second kappa shape index (κ2) is 6.25. The van der Waals surface area contributed by atoms with Gasteiger partial charge in [0.15, 0.2) is 0 Å². The van der Waals surface area contributed by atoms with Gasteiger partial charge in [-0.2, -0.15) is 0 Å². The van der Waals surface area contributed by atoms with Gasteiger partial charge in [-0.25, -0.2) is 21.2 Å². The Bertz CT molecular complexity index is 820. The summed E-state index contributed by atoms with van der Waals surface area (Å²) in [7, 11) is -9.59. The first kappa shape index (κ1) is 17.4. The molecule has 122 valence electrons. The molecule has 0 bridgehead atoms. The Morgan fingerprint density at radius 3 is 1.48 bits per heavy atom. The van der Waals surface area contributed by atoms with Crippen LogP contribution in [0.15, 0.2) is 83.1 Å². The lowest BCUT2D eigenvalue weighted by Crippen LogP contribution is -2.41. The summed E-state index contributed by atoms with van der Waals surface area (Å²) in [5.74, 6) is 0. The van der Waals surface area contributed by atoms with E-state index >= 15 is 4.39 Å². The molecule has 0 spiro atoms. The van der Waals surface area contributed by atoms with E-state index in [1.54, 1.807) is 12.1 Å². The predicted octanol–water partition coefficient (Wildman–Crippen LogP) is 3.13. The zero-order chi connectivity index (χ0) is 17.1. The van der Waals surface area contributed by atoms with Crippen LogP contribution in [0.25, 0.3) is 0 Å². The van der Waals surface area contributed by atoms with E-state index in [1.165, 1.54) is 24.3 Å². The minimum absolute atomic E-state index is 0.399. The molecule has 2 aromatic rings. The number of alkyl halides is 1. The summed E-state index contributed by atoms with van der Waals surface area (Å²) in [6.45, 7) is 3.29. The monoisotopic (exact) mass is 354 g/mol. The van der Waals surface area contributed by atoms with Gasteiger partial charge >= 0.3 is 4.33 Å². The molecule has 0 amide bonds. The molecule has 0 aromatic heterocycles. The van der Waals surface area contributed by atoms with Crippen LogP contribution in [0, 0.1) is 0 Å².